The molecule has 0 aromatic carbocycles. The fourth-order valence-corrected chi connectivity index (χ4v) is 2.44. The van der Waals surface area contributed by atoms with Gasteiger partial charge in [0.25, 0.3) is 0 Å². The van der Waals surface area contributed by atoms with Crippen molar-refractivity contribution in [2.24, 2.45) is 5.92 Å². The Morgan fingerprint density at radius 3 is 2.42 bits per heavy atom. The number of rotatable bonds is 4. The molecule has 0 saturated heterocycles. The van der Waals surface area contributed by atoms with Gasteiger partial charge in [0.15, 0.2) is 0 Å². The smallest absolute Gasteiger partial charge is 0.339 e. The summed E-state index contributed by atoms with van der Waals surface area (Å²) >= 11 is 6.60. The summed E-state index contributed by atoms with van der Waals surface area (Å²) in [7, 11) is 0. The van der Waals surface area contributed by atoms with E-state index >= 15 is 0 Å². The molecular formula is C13H14Br2O4. The SMILES string of the molecule is CCOC(=O)C1=C(Br)C=CC(C(=O)OCC)C(Br)=C1. The molecular weight excluding hydrogens is 380 g/mol. The van der Waals surface area contributed by atoms with Crippen molar-refractivity contribution < 1.29 is 19.1 Å². The van der Waals surface area contributed by atoms with Gasteiger partial charge in [-0.1, -0.05) is 22.0 Å². The van der Waals surface area contributed by atoms with E-state index in [9.17, 15) is 9.59 Å². The van der Waals surface area contributed by atoms with Crippen LogP contribution in [-0.2, 0) is 19.1 Å². The molecule has 0 spiro atoms. The van der Waals surface area contributed by atoms with Crippen molar-refractivity contribution in [1.29, 1.82) is 0 Å². The summed E-state index contributed by atoms with van der Waals surface area (Å²) < 4.78 is 11.1. The van der Waals surface area contributed by atoms with Gasteiger partial charge >= 0.3 is 11.9 Å². The van der Waals surface area contributed by atoms with Crippen LogP contribution in [0, 0.1) is 5.92 Å². The maximum absolute atomic E-state index is 11.8. The predicted molar refractivity (Wildman–Crippen MR) is 78.9 cm³/mol. The number of ether oxygens (including phenoxy) is 2. The standard InChI is InChI=1S/C13H14Br2O4/c1-3-18-12(16)8-5-6-10(14)9(7-11(8)15)13(17)19-4-2/h5-8H,3-4H2,1-2H3. The predicted octanol–water partition coefficient (Wildman–Crippen LogP) is 3.23. The molecule has 0 fully saturated rings. The maximum Gasteiger partial charge on any atom is 0.339 e. The second-order valence-electron chi connectivity index (χ2n) is 3.60. The Balaban J connectivity index is 3.03. The Bertz CT molecular complexity index is 463. The van der Waals surface area contributed by atoms with Crippen molar-refractivity contribution in [3.63, 3.8) is 0 Å². The highest BCUT2D eigenvalue weighted by molar-refractivity contribution is 9.12. The molecule has 0 bridgehead atoms. The topological polar surface area (TPSA) is 52.6 Å². The molecule has 0 amide bonds. The van der Waals surface area contributed by atoms with E-state index in [1.165, 1.54) is 0 Å². The molecule has 4 nitrogen and oxygen atoms in total. The molecule has 0 heterocycles. The van der Waals surface area contributed by atoms with Gasteiger partial charge in [-0.25, -0.2) is 4.79 Å². The molecule has 1 atom stereocenters. The van der Waals surface area contributed by atoms with Crippen LogP contribution in [0.1, 0.15) is 13.8 Å². The third kappa shape index (κ3) is 4.31. The zero-order valence-electron chi connectivity index (χ0n) is 10.6. The first-order valence-corrected chi connectivity index (χ1v) is 7.38. The lowest BCUT2D eigenvalue weighted by molar-refractivity contribution is -0.145. The third-order valence-corrected chi connectivity index (χ3v) is 3.72. The average molecular weight is 394 g/mol. The van der Waals surface area contributed by atoms with Crippen molar-refractivity contribution in [2.75, 3.05) is 13.2 Å². The summed E-state index contributed by atoms with van der Waals surface area (Å²) in [4.78, 5) is 23.6. The summed E-state index contributed by atoms with van der Waals surface area (Å²) in [6.07, 6.45) is 4.89. The normalized spacial score (nSPS) is 18.7. The Morgan fingerprint density at radius 1 is 1.21 bits per heavy atom. The number of hydrogen-bond acceptors (Lipinski definition) is 4. The second kappa shape index (κ2) is 7.65. The van der Waals surface area contributed by atoms with Crippen LogP contribution in [-0.4, -0.2) is 25.2 Å². The van der Waals surface area contributed by atoms with Gasteiger partial charge in [0, 0.05) is 8.96 Å². The molecule has 0 radical (unpaired) electrons. The Hall–Kier alpha value is -0.880. The Kier molecular flexibility index (Phi) is 6.51. The lowest BCUT2D eigenvalue weighted by atomic mass is 10.1. The van der Waals surface area contributed by atoms with E-state index in [0.29, 0.717) is 27.8 Å². The summed E-state index contributed by atoms with van der Waals surface area (Å²) in [5, 5.41) is 0. The van der Waals surface area contributed by atoms with E-state index in [2.05, 4.69) is 31.9 Å². The summed E-state index contributed by atoms with van der Waals surface area (Å²) in [5.74, 6) is -1.37. The number of carbonyl (C=O) groups excluding carboxylic acids is 2. The second-order valence-corrected chi connectivity index (χ2v) is 5.37. The maximum atomic E-state index is 11.8. The van der Waals surface area contributed by atoms with Gasteiger partial charge < -0.3 is 9.47 Å². The van der Waals surface area contributed by atoms with Crippen LogP contribution in [0.15, 0.2) is 32.8 Å². The first-order valence-electron chi connectivity index (χ1n) is 5.80. The van der Waals surface area contributed by atoms with E-state index in [0.717, 1.165) is 0 Å². The molecule has 1 unspecified atom stereocenters. The van der Waals surface area contributed by atoms with Crippen LogP contribution in [0.25, 0.3) is 0 Å². The molecule has 19 heavy (non-hydrogen) atoms. The monoisotopic (exact) mass is 392 g/mol. The van der Waals surface area contributed by atoms with Crippen LogP contribution >= 0.6 is 31.9 Å². The van der Waals surface area contributed by atoms with E-state index in [4.69, 9.17) is 9.47 Å². The van der Waals surface area contributed by atoms with Crippen molar-refractivity contribution in [1.82, 2.24) is 0 Å². The molecule has 0 aromatic rings. The lowest BCUT2D eigenvalue weighted by Gasteiger charge is -2.10. The summed E-state index contributed by atoms with van der Waals surface area (Å²) in [6.45, 7) is 4.08. The molecule has 6 heteroatoms. The molecule has 1 aliphatic rings. The minimum absolute atomic E-state index is 0.291. The zero-order valence-corrected chi connectivity index (χ0v) is 13.8. The molecule has 1 aliphatic carbocycles. The Labute approximate surface area is 128 Å². The molecule has 1 rings (SSSR count). The third-order valence-electron chi connectivity index (χ3n) is 2.31. The van der Waals surface area contributed by atoms with Gasteiger partial charge in [0.05, 0.1) is 18.8 Å². The van der Waals surface area contributed by atoms with Crippen LogP contribution in [0.2, 0.25) is 0 Å². The number of esters is 2. The van der Waals surface area contributed by atoms with Crippen molar-refractivity contribution >= 4 is 43.8 Å². The van der Waals surface area contributed by atoms with E-state index in [-0.39, 0.29) is 5.97 Å². The minimum Gasteiger partial charge on any atom is -0.465 e. The van der Waals surface area contributed by atoms with Crippen LogP contribution in [0.5, 0.6) is 0 Å². The number of allylic oxidation sites excluding steroid dienone is 2. The van der Waals surface area contributed by atoms with Crippen molar-refractivity contribution in [3.8, 4) is 0 Å². The van der Waals surface area contributed by atoms with Gasteiger partial charge in [-0.3, -0.25) is 4.79 Å². The fraction of sp³-hybridized carbons (Fsp3) is 0.385. The van der Waals surface area contributed by atoms with E-state index < -0.39 is 11.9 Å². The average Bonchev–Trinajstić information content (AvgIpc) is 2.50. The molecule has 0 aliphatic heterocycles. The molecule has 0 aromatic heterocycles. The van der Waals surface area contributed by atoms with Gasteiger partial charge in [0.2, 0.25) is 0 Å². The molecule has 0 saturated carbocycles. The quantitative estimate of drug-likeness (QED) is 0.688. The highest BCUT2D eigenvalue weighted by atomic mass is 79.9. The first kappa shape index (κ1) is 16.2. The first-order chi connectivity index (χ1) is 9.01. The number of hydrogen-bond donors (Lipinski definition) is 0. The highest BCUT2D eigenvalue weighted by Gasteiger charge is 2.24. The highest BCUT2D eigenvalue weighted by Crippen LogP contribution is 2.30. The van der Waals surface area contributed by atoms with E-state index in [1.54, 1.807) is 32.1 Å². The van der Waals surface area contributed by atoms with E-state index in [1.807, 2.05) is 0 Å². The minimum atomic E-state index is -0.556. The zero-order chi connectivity index (χ0) is 14.4. The largest absolute Gasteiger partial charge is 0.465 e. The number of halogens is 2. The van der Waals surface area contributed by atoms with Crippen molar-refractivity contribution in [2.45, 2.75) is 13.8 Å². The van der Waals surface area contributed by atoms with Crippen molar-refractivity contribution in [3.05, 3.63) is 32.8 Å². The Morgan fingerprint density at radius 2 is 1.84 bits per heavy atom. The van der Waals surface area contributed by atoms with Crippen LogP contribution < -0.4 is 0 Å². The van der Waals surface area contributed by atoms with Gasteiger partial charge in [-0.05, 0) is 41.9 Å². The molecule has 104 valence electrons. The number of carbonyl (C=O) groups is 2. The fourth-order valence-electron chi connectivity index (χ4n) is 1.45. The van der Waals surface area contributed by atoms with Gasteiger partial charge in [-0.15, -0.1) is 0 Å². The molecule has 0 N–H and O–H groups in total. The van der Waals surface area contributed by atoms with Gasteiger partial charge in [-0.2, -0.15) is 0 Å². The van der Waals surface area contributed by atoms with Crippen LogP contribution in [0.4, 0.5) is 0 Å². The summed E-state index contributed by atoms with van der Waals surface area (Å²) in [6, 6.07) is 0. The summed E-state index contributed by atoms with van der Waals surface area (Å²) in [5.41, 5.74) is 0.358. The van der Waals surface area contributed by atoms with Crippen LogP contribution in [0.3, 0.4) is 0 Å². The lowest BCUT2D eigenvalue weighted by Crippen LogP contribution is -2.16. The van der Waals surface area contributed by atoms with Gasteiger partial charge in [0.1, 0.15) is 5.92 Å².